The van der Waals surface area contributed by atoms with Crippen molar-refractivity contribution >= 4 is 6.03 Å². The predicted molar refractivity (Wildman–Crippen MR) is 74.8 cm³/mol. The van der Waals surface area contributed by atoms with Crippen LogP contribution in [0.5, 0.6) is 0 Å². The van der Waals surface area contributed by atoms with E-state index >= 15 is 0 Å². The number of urea groups is 1. The van der Waals surface area contributed by atoms with Crippen LogP contribution in [0, 0.1) is 4.91 Å². The van der Waals surface area contributed by atoms with Gasteiger partial charge in [-0.05, 0) is 6.92 Å². The molecule has 10 heteroatoms. The second-order valence-electron chi connectivity index (χ2n) is 4.68. The summed E-state index contributed by atoms with van der Waals surface area (Å²) in [5.74, 6) is 0. The Hall–Kier alpha value is -1.33. The van der Waals surface area contributed by atoms with E-state index in [0.717, 1.165) is 0 Å². The lowest BCUT2D eigenvalue weighted by molar-refractivity contribution is -0.177. The maximum Gasteiger partial charge on any atom is 0.340 e. The Morgan fingerprint density at radius 2 is 2.18 bits per heavy atom. The molecule has 0 aromatic heterocycles. The summed E-state index contributed by atoms with van der Waals surface area (Å²) in [4.78, 5) is 21.8. The van der Waals surface area contributed by atoms with Gasteiger partial charge < -0.3 is 29.4 Å². The van der Waals surface area contributed by atoms with Gasteiger partial charge in [-0.2, -0.15) is 5.01 Å². The van der Waals surface area contributed by atoms with E-state index in [9.17, 15) is 14.8 Å². The van der Waals surface area contributed by atoms with Gasteiger partial charge in [-0.15, -0.1) is 4.91 Å². The third kappa shape index (κ3) is 4.34. The van der Waals surface area contributed by atoms with Crippen LogP contribution >= 0.6 is 0 Å². The SMILES string of the molecule is CCO[C@H]1OC([C@@H](CNC(=O)N(C)N=O)OC)[C@H](OC)[C@H]1O. The Labute approximate surface area is 128 Å². The van der Waals surface area contributed by atoms with Crippen molar-refractivity contribution in [1.82, 2.24) is 10.3 Å². The van der Waals surface area contributed by atoms with E-state index in [1.807, 2.05) is 0 Å². The molecule has 0 saturated carbocycles. The number of amides is 2. The molecule has 0 aromatic rings. The third-order valence-electron chi connectivity index (χ3n) is 3.37. The Morgan fingerprint density at radius 1 is 1.50 bits per heavy atom. The summed E-state index contributed by atoms with van der Waals surface area (Å²) in [6.07, 6.45) is -3.71. The van der Waals surface area contributed by atoms with Gasteiger partial charge in [0, 0.05) is 34.4 Å². The summed E-state index contributed by atoms with van der Waals surface area (Å²) in [6.45, 7) is 2.20. The van der Waals surface area contributed by atoms with Gasteiger partial charge in [0.15, 0.2) is 6.29 Å². The van der Waals surface area contributed by atoms with Crippen LogP contribution < -0.4 is 5.32 Å². The summed E-state index contributed by atoms with van der Waals surface area (Å²) >= 11 is 0. The van der Waals surface area contributed by atoms with Crippen LogP contribution in [0.3, 0.4) is 0 Å². The molecule has 2 N–H and O–H groups in total. The fourth-order valence-corrected chi connectivity index (χ4v) is 2.21. The summed E-state index contributed by atoms with van der Waals surface area (Å²) in [7, 11) is 4.10. The Kier molecular flexibility index (Phi) is 7.62. The van der Waals surface area contributed by atoms with E-state index in [1.165, 1.54) is 21.3 Å². The van der Waals surface area contributed by atoms with E-state index in [0.29, 0.717) is 11.6 Å². The summed E-state index contributed by atoms with van der Waals surface area (Å²) in [5, 5.41) is 15.7. The fourth-order valence-electron chi connectivity index (χ4n) is 2.21. The van der Waals surface area contributed by atoms with Crippen LogP contribution in [0.15, 0.2) is 5.29 Å². The Balaban J connectivity index is 2.68. The number of nitrogens with zero attached hydrogens (tertiary/aromatic N) is 2. The smallest absolute Gasteiger partial charge is 0.340 e. The molecule has 0 radical (unpaired) electrons. The minimum absolute atomic E-state index is 0.0469. The van der Waals surface area contributed by atoms with Gasteiger partial charge in [0.25, 0.3) is 0 Å². The van der Waals surface area contributed by atoms with E-state index < -0.39 is 36.7 Å². The molecule has 1 unspecified atom stereocenters. The number of aliphatic hydroxyl groups excluding tert-OH is 1. The maximum absolute atomic E-state index is 11.5. The van der Waals surface area contributed by atoms with Gasteiger partial charge >= 0.3 is 6.03 Å². The number of hydrogen-bond acceptors (Lipinski definition) is 8. The number of hydrogen-bond donors (Lipinski definition) is 2. The molecule has 2 amide bonds. The molecule has 10 nitrogen and oxygen atoms in total. The van der Waals surface area contributed by atoms with Crippen molar-refractivity contribution in [3.8, 4) is 0 Å². The van der Waals surface area contributed by atoms with Gasteiger partial charge in [-0.1, -0.05) is 0 Å². The largest absolute Gasteiger partial charge is 0.385 e. The summed E-state index contributed by atoms with van der Waals surface area (Å²) in [6, 6.07) is -0.675. The first-order valence-electron chi connectivity index (χ1n) is 6.85. The standard InChI is InChI=1S/C12H23N3O7/c1-5-21-11-8(16)10(20-4)9(22-11)7(19-3)6-13-12(17)15(2)14-18/h7-11,16H,5-6H2,1-4H3,(H,13,17)/t7-,8-,9?,10-,11+/m1/s1. The second-order valence-corrected chi connectivity index (χ2v) is 4.68. The first-order chi connectivity index (χ1) is 10.5. The lowest BCUT2D eigenvalue weighted by Gasteiger charge is -2.26. The summed E-state index contributed by atoms with van der Waals surface area (Å²) in [5.41, 5.74) is 0. The van der Waals surface area contributed by atoms with Crippen molar-refractivity contribution in [2.45, 2.75) is 37.6 Å². The minimum atomic E-state index is -0.970. The van der Waals surface area contributed by atoms with Gasteiger partial charge in [-0.25, -0.2) is 4.79 Å². The molecule has 0 spiro atoms. The van der Waals surface area contributed by atoms with Crippen LogP contribution in [0.25, 0.3) is 0 Å². The first kappa shape index (κ1) is 18.7. The number of carbonyl (C=O) groups excluding carboxylic acids is 1. The average Bonchev–Trinajstić information content (AvgIpc) is 2.83. The van der Waals surface area contributed by atoms with Crippen molar-refractivity contribution in [2.24, 2.45) is 5.29 Å². The molecule has 1 saturated heterocycles. The van der Waals surface area contributed by atoms with Crippen molar-refractivity contribution in [2.75, 3.05) is 34.4 Å². The zero-order valence-electron chi connectivity index (χ0n) is 13.1. The number of nitroso groups, excluding NO2 is 1. The number of ether oxygens (including phenoxy) is 4. The van der Waals surface area contributed by atoms with Gasteiger partial charge in [0.2, 0.25) is 0 Å². The number of aliphatic hydroxyl groups is 1. The topological polar surface area (TPSA) is 119 Å². The second kappa shape index (κ2) is 8.96. The molecule has 5 atom stereocenters. The molecule has 1 aliphatic heterocycles. The van der Waals surface area contributed by atoms with E-state index in [4.69, 9.17) is 18.9 Å². The molecule has 1 heterocycles. The van der Waals surface area contributed by atoms with E-state index in [2.05, 4.69) is 10.6 Å². The Morgan fingerprint density at radius 3 is 2.68 bits per heavy atom. The summed E-state index contributed by atoms with van der Waals surface area (Å²) < 4.78 is 21.4. The average molecular weight is 321 g/mol. The van der Waals surface area contributed by atoms with Gasteiger partial charge in [0.05, 0.1) is 5.29 Å². The highest BCUT2D eigenvalue weighted by Gasteiger charge is 2.48. The number of carbonyl (C=O) groups is 1. The molecule has 1 aliphatic rings. The lowest BCUT2D eigenvalue weighted by atomic mass is 10.1. The highest BCUT2D eigenvalue weighted by Crippen LogP contribution is 2.27. The van der Waals surface area contributed by atoms with Crippen molar-refractivity contribution in [1.29, 1.82) is 0 Å². The molecule has 1 rings (SSSR count). The third-order valence-corrected chi connectivity index (χ3v) is 3.37. The molecular formula is C12H23N3O7. The monoisotopic (exact) mass is 321 g/mol. The van der Waals surface area contributed by atoms with E-state index in [1.54, 1.807) is 6.92 Å². The highest BCUT2D eigenvalue weighted by atomic mass is 16.7. The quantitative estimate of drug-likeness (QED) is 0.455. The predicted octanol–water partition coefficient (Wildman–Crippen LogP) is -0.538. The van der Waals surface area contributed by atoms with Gasteiger partial charge in [0.1, 0.15) is 24.4 Å². The molecule has 22 heavy (non-hydrogen) atoms. The molecule has 1 fully saturated rings. The van der Waals surface area contributed by atoms with Crippen LogP contribution in [0.1, 0.15) is 6.92 Å². The van der Waals surface area contributed by atoms with Crippen LogP contribution in [-0.4, -0.2) is 81.3 Å². The van der Waals surface area contributed by atoms with Gasteiger partial charge in [-0.3, -0.25) is 0 Å². The van der Waals surface area contributed by atoms with Crippen LogP contribution in [0.2, 0.25) is 0 Å². The van der Waals surface area contributed by atoms with Crippen molar-refractivity contribution in [3.63, 3.8) is 0 Å². The van der Waals surface area contributed by atoms with Crippen molar-refractivity contribution < 1.29 is 28.8 Å². The number of methoxy groups -OCH3 is 2. The number of nitrogens with one attached hydrogen (secondary N) is 1. The van der Waals surface area contributed by atoms with Crippen LogP contribution in [-0.2, 0) is 18.9 Å². The number of rotatable bonds is 8. The molecule has 128 valence electrons. The lowest BCUT2D eigenvalue weighted by Crippen LogP contribution is -2.48. The zero-order chi connectivity index (χ0) is 16.7. The molecule has 0 bridgehead atoms. The molecule has 0 aliphatic carbocycles. The van der Waals surface area contributed by atoms with Crippen LogP contribution in [0.4, 0.5) is 4.79 Å². The minimum Gasteiger partial charge on any atom is -0.385 e. The van der Waals surface area contributed by atoms with Crippen molar-refractivity contribution in [3.05, 3.63) is 4.91 Å². The van der Waals surface area contributed by atoms with E-state index in [-0.39, 0.29) is 6.54 Å². The first-order valence-corrected chi connectivity index (χ1v) is 6.85. The Bertz CT molecular complexity index is 371. The molecule has 0 aromatic carbocycles. The normalized spacial score (nSPS) is 29.1. The zero-order valence-corrected chi connectivity index (χ0v) is 13.1. The highest BCUT2D eigenvalue weighted by molar-refractivity contribution is 5.73. The fraction of sp³-hybridized carbons (Fsp3) is 0.917. The maximum atomic E-state index is 11.5. The molecular weight excluding hydrogens is 298 g/mol.